The summed E-state index contributed by atoms with van der Waals surface area (Å²) < 4.78 is 18.3. The maximum atomic E-state index is 12.8. The van der Waals surface area contributed by atoms with E-state index in [9.17, 15) is 4.79 Å². The third-order valence-corrected chi connectivity index (χ3v) is 9.60. The number of rotatable bonds is 12. The van der Waals surface area contributed by atoms with E-state index in [-0.39, 0.29) is 5.41 Å². The van der Waals surface area contributed by atoms with Gasteiger partial charge in [-0.15, -0.1) is 0 Å². The van der Waals surface area contributed by atoms with Gasteiger partial charge in [-0.05, 0) is 104 Å². The van der Waals surface area contributed by atoms with Crippen molar-refractivity contribution in [3.05, 3.63) is 114 Å². The Hall–Kier alpha value is -4.51. The molecule has 5 heteroatoms. The zero-order valence-electron chi connectivity index (χ0n) is 27.6. The van der Waals surface area contributed by atoms with Crippen LogP contribution in [0.3, 0.4) is 0 Å². The number of para-hydroxylation sites is 1. The molecule has 0 aromatic heterocycles. The molecule has 4 aromatic carbocycles. The Morgan fingerprint density at radius 2 is 1.46 bits per heavy atom. The number of hydrogen-bond acceptors (Lipinski definition) is 5. The van der Waals surface area contributed by atoms with Crippen molar-refractivity contribution in [1.82, 2.24) is 0 Å². The Morgan fingerprint density at radius 1 is 0.783 bits per heavy atom. The number of unbranched alkanes of at least 4 members (excludes halogenated alkanes) is 6. The Balaban J connectivity index is 1.04. The largest absolute Gasteiger partial charge is 0.494 e. The lowest BCUT2D eigenvalue weighted by Crippen LogP contribution is -2.58. The summed E-state index contributed by atoms with van der Waals surface area (Å²) in [6, 6.07) is 29.6. The Labute approximate surface area is 273 Å². The summed E-state index contributed by atoms with van der Waals surface area (Å²) in [5.41, 5.74) is 5.26. The van der Waals surface area contributed by atoms with Crippen molar-refractivity contribution in [1.29, 1.82) is 0 Å². The predicted octanol–water partition coefficient (Wildman–Crippen LogP) is 10.2. The Bertz CT molecular complexity index is 1690. The van der Waals surface area contributed by atoms with Crippen LogP contribution in [0, 0.1) is 0 Å². The smallest absolute Gasteiger partial charge is 0.343 e. The number of hydrogen-bond donors (Lipinski definition) is 0. The van der Waals surface area contributed by atoms with E-state index in [1.807, 2.05) is 36.4 Å². The second kappa shape index (κ2) is 13.5. The predicted molar refractivity (Wildman–Crippen MR) is 187 cm³/mol. The van der Waals surface area contributed by atoms with Crippen LogP contribution in [0.15, 0.2) is 97.1 Å². The number of anilines is 1. The van der Waals surface area contributed by atoms with E-state index in [1.54, 1.807) is 12.1 Å². The van der Waals surface area contributed by atoms with Gasteiger partial charge < -0.3 is 19.1 Å². The first kappa shape index (κ1) is 31.5. The monoisotopic (exact) mass is 615 g/mol. The minimum Gasteiger partial charge on any atom is -0.494 e. The molecule has 0 fully saturated rings. The summed E-state index contributed by atoms with van der Waals surface area (Å²) in [5.74, 6) is 1.75. The van der Waals surface area contributed by atoms with Crippen molar-refractivity contribution in [3.63, 3.8) is 0 Å². The normalized spacial score (nSPS) is 17.3. The highest BCUT2D eigenvalue weighted by Gasteiger charge is 2.57. The molecule has 0 bridgehead atoms. The van der Waals surface area contributed by atoms with E-state index in [4.69, 9.17) is 14.2 Å². The molecule has 1 unspecified atom stereocenters. The average molecular weight is 616 g/mol. The van der Waals surface area contributed by atoms with Gasteiger partial charge in [0.2, 0.25) is 5.72 Å². The van der Waals surface area contributed by atoms with E-state index in [2.05, 4.69) is 87.3 Å². The van der Waals surface area contributed by atoms with Gasteiger partial charge in [-0.2, -0.15) is 0 Å². The van der Waals surface area contributed by atoms with Gasteiger partial charge in [-0.3, -0.25) is 0 Å². The van der Waals surface area contributed by atoms with Crippen molar-refractivity contribution in [2.75, 3.05) is 18.6 Å². The van der Waals surface area contributed by atoms with Crippen LogP contribution in [0.1, 0.15) is 87.2 Å². The topological polar surface area (TPSA) is 48.0 Å². The highest BCUT2D eigenvalue weighted by molar-refractivity contribution is 5.91. The van der Waals surface area contributed by atoms with Crippen molar-refractivity contribution in [3.8, 4) is 28.4 Å². The lowest BCUT2D eigenvalue weighted by molar-refractivity contribution is 0.0582. The number of ether oxygens (including phenoxy) is 3. The zero-order chi connectivity index (χ0) is 32.1. The molecule has 46 heavy (non-hydrogen) atoms. The van der Waals surface area contributed by atoms with Gasteiger partial charge in [0.15, 0.2) is 0 Å². The van der Waals surface area contributed by atoms with Crippen molar-refractivity contribution in [2.24, 2.45) is 0 Å². The van der Waals surface area contributed by atoms with Crippen molar-refractivity contribution >= 4 is 17.7 Å². The number of esters is 1. The van der Waals surface area contributed by atoms with Crippen LogP contribution in [-0.2, 0) is 5.41 Å². The molecule has 0 amide bonds. The summed E-state index contributed by atoms with van der Waals surface area (Å²) in [6.07, 6.45) is 13.1. The van der Waals surface area contributed by atoms with E-state index in [0.717, 1.165) is 34.6 Å². The highest BCUT2D eigenvalue weighted by Crippen LogP contribution is 2.54. The molecule has 6 rings (SSSR count). The van der Waals surface area contributed by atoms with Gasteiger partial charge in [-0.1, -0.05) is 81.8 Å². The lowest BCUT2D eigenvalue weighted by atomic mass is 9.76. The number of benzene rings is 4. The summed E-state index contributed by atoms with van der Waals surface area (Å²) in [6.45, 7) is 7.43. The molecule has 238 valence electrons. The second-order valence-corrected chi connectivity index (χ2v) is 13.0. The van der Waals surface area contributed by atoms with E-state index >= 15 is 0 Å². The molecule has 2 heterocycles. The van der Waals surface area contributed by atoms with E-state index < -0.39 is 11.7 Å². The van der Waals surface area contributed by atoms with Crippen LogP contribution in [-0.4, -0.2) is 25.3 Å². The minimum atomic E-state index is -0.600. The Morgan fingerprint density at radius 3 is 2.20 bits per heavy atom. The highest BCUT2D eigenvalue weighted by atomic mass is 16.5. The fourth-order valence-electron chi connectivity index (χ4n) is 6.78. The van der Waals surface area contributed by atoms with Gasteiger partial charge in [0.1, 0.15) is 17.2 Å². The molecule has 5 nitrogen and oxygen atoms in total. The van der Waals surface area contributed by atoms with Gasteiger partial charge in [-0.25, -0.2) is 4.79 Å². The zero-order valence-corrected chi connectivity index (χ0v) is 27.6. The van der Waals surface area contributed by atoms with Crippen LogP contribution >= 0.6 is 0 Å². The van der Waals surface area contributed by atoms with Crippen molar-refractivity contribution < 1.29 is 19.0 Å². The molecule has 1 atom stereocenters. The van der Waals surface area contributed by atoms with Crippen LogP contribution < -0.4 is 19.1 Å². The molecular weight excluding hydrogens is 570 g/mol. The van der Waals surface area contributed by atoms with Crippen LogP contribution in [0.25, 0.3) is 17.2 Å². The molecule has 2 aliphatic rings. The van der Waals surface area contributed by atoms with E-state index in [1.165, 1.54) is 49.8 Å². The van der Waals surface area contributed by atoms with Gasteiger partial charge in [0.25, 0.3) is 0 Å². The molecular formula is C41H45NO4. The molecule has 0 N–H and O–H groups in total. The summed E-state index contributed by atoms with van der Waals surface area (Å²) in [7, 11) is 2.10. The van der Waals surface area contributed by atoms with Crippen LogP contribution in [0.5, 0.6) is 17.2 Å². The average Bonchev–Trinajstić information content (AvgIpc) is 3.24. The van der Waals surface area contributed by atoms with Crippen LogP contribution in [0.4, 0.5) is 5.69 Å². The van der Waals surface area contributed by atoms with E-state index in [0.29, 0.717) is 17.9 Å². The molecule has 4 aromatic rings. The first-order valence-corrected chi connectivity index (χ1v) is 16.7. The Kier molecular flexibility index (Phi) is 9.21. The van der Waals surface area contributed by atoms with Crippen LogP contribution in [0.2, 0.25) is 0 Å². The summed E-state index contributed by atoms with van der Waals surface area (Å²) in [4.78, 5) is 15.1. The molecule has 0 saturated heterocycles. The fraction of sp³-hybridized carbons (Fsp3) is 0.341. The molecule has 1 spiro atoms. The standard InChI is InChI=1S/C41H45NO4/c1-5-6-7-8-9-10-13-28-44-34-21-18-31(19-22-34)39(43)45-35-23-16-30(17-24-35)32-20-25-38-33(29-32)26-27-41(46-38)40(2,3)36-14-11-12-15-37(36)42(41)4/h11-12,14-27,29H,5-10,13,28H2,1-4H3. The quantitative estimate of drug-likeness (QED) is 0.0902. The molecule has 2 aliphatic heterocycles. The second-order valence-electron chi connectivity index (χ2n) is 13.0. The van der Waals surface area contributed by atoms with Gasteiger partial charge in [0, 0.05) is 18.3 Å². The van der Waals surface area contributed by atoms with Gasteiger partial charge >= 0.3 is 5.97 Å². The molecule has 0 radical (unpaired) electrons. The third-order valence-electron chi connectivity index (χ3n) is 9.60. The number of likely N-dealkylation sites (N-methyl/N-ethyl adjacent to an activating group) is 1. The fourth-order valence-corrected chi connectivity index (χ4v) is 6.78. The number of nitrogens with zero attached hydrogens (tertiary/aromatic N) is 1. The molecule has 0 saturated carbocycles. The maximum absolute atomic E-state index is 12.8. The SMILES string of the molecule is CCCCCCCCCOc1ccc(C(=O)Oc2ccc(-c3ccc4c(c3)C=CC3(O4)N(C)c4ccccc4C3(C)C)cc2)cc1. The third kappa shape index (κ3) is 6.16. The lowest BCUT2D eigenvalue weighted by Gasteiger charge is -2.45. The number of carbonyl (C=O) groups is 1. The number of carbonyl (C=O) groups excluding carboxylic acids is 1. The summed E-state index contributed by atoms with van der Waals surface area (Å²) >= 11 is 0. The minimum absolute atomic E-state index is 0.235. The number of fused-ring (bicyclic) bond motifs is 2. The van der Waals surface area contributed by atoms with Crippen molar-refractivity contribution in [2.45, 2.75) is 76.9 Å². The maximum Gasteiger partial charge on any atom is 0.343 e. The molecule has 0 aliphatic carbocycles. The first-order chi connectivity index (χ1) is 22.3. The first-order valence-electron chi connectivity index (χ1n) is 16.7. The summed E-state index contributed by atoms with van der Waals surface area (Å²) in [5, 5.41) is 0. The van der Waals surface area contributed by atoms with Gasteiger partial charge in [0.05, 0.1) is 17.6 Å².